The van der Waals surface area contributed by atoms with Crippen molar-refractivity contribution < 1.29 is 4.39 Å². The maximum atomic E-state index is 13.0. The summed E-state index contributed by atoms with van der Waals surface area (Å²) in [6.07, 6.45) is 0.760. The van der Waals surface area contributed by atoms with E-state index in [1.54, 1.807) is 6.07 Å². The molecule has 2 N–H and O–H groups in total. The quantitative estimate of drug-likeness (QED) is 0.861. The second-order valence-electron chi connectivity index (χ2n) is 3.86. The van der Waals surface area contributed by atoms with E-state index in [1.165, 1.54) is 12.1 Å². The molecule has 0 radical (unpaired) electrons. The van der Waals surface area contributed by atoms with Crippen LogP contribution in [0.2, 0.25) is 5.02 Å². The third-order valence-electron chi connectivity index (χ3n) is 2.24. The van der Waals surface area contributed by atoms with Crippen molar-refractivity contribution in [3.05, 3.63) is 34.6 Å². The molecule has 0 saturated heterocycles. The Morgan fingerprint density at radius 3 is 2.73 bits per heavy atom. The Kier molecular flexibility index (Phi) is 4.51. The van der Waals surface area contributed by atoms with Crippen molar-refractivity contribution in [2.75, 3.05) is 20.6 Å². The van der Waals surface area contributed by atoms with E-state index in [9.17, 15) is 4.39 Å². The van der Waals surface area contributed by atoms with E-state index in [2.05, 4.69) is 0 Å². The third kappa shape index (κ3) is 3.78. The fourth-order valence-electron chi connectivity index (χ4n) is 1.35. The van der Waals surface area contributed by atoms with Crippen molar-refractivity contribution in [1.29, 1.82) is 0 Å². The Hall–Kier alpha value is -0.640. The van der Waals surface area contributed by atoms with E-state index in [4.69, 9.17) is 17.3 Å². The molecule has 4 heteroatoms. The molecule has 0 spiro atoms. The van der Waals surface area contributed by atoms with Gasteiger partial charge in [-0.1, -0.05) is 11.6 Å². The molecule has 0 fully saturated rings. The molecule has 0 aromatic heterocycles. The van der Waals surface area contributed by atoms with Gasteiger partial charge in [-0.15, -0.1) is 0 Å². The molecule has 0 heterocycles. The first-order valence-corrected chi connectivity index (χ1v) is 5.23. The van der Waals surface area contributed by atoms with E-state index in [-0.39, 0.29) is 11.9 Å². The van der Waals surface area contributed by atoms with Crippen molar-refractivity contribution in [3.8, 4) is 0 Å². The normalized spacial score (nSPS) is 13.2. The van der Waals surface area contributed by atoms with Crippen LogP contribution in [-0.4, -0.2) is 25.5 Å². The Morgan fingerprint density at radius 1 is 1.47 bits per heavy atom. The van der Waals surface area contributed by atoms with Gasteiger partial charge in [-0.25, -0.2) is 4.39 Å². The van der Waals surface area contributed by atoms with E-state index < -0.39 is 0 Å². The molecule has 0 bridgehead atoms. The number of halogens is 2. The topological polar surface area (TPSA) is 29.3 Å². The highest BCUT2D eigenvalue weighted by Gasteiger charge is 2.11. The Labute approximate surface area is 94.8 Å². The zero-order valence-electron chi connectivity index (χ0n) is 9.00. The van der Waals surface area contributed by atoms with Crippen LogP contribution in [-0.2, 0) is 0 Å². The Bertz CT molecular complexity index is 328. The SMILES string of the molecule is CN(C)CCC(N)c1cc(F)ccc1Cl. The highest BCUT2D eigenvalue weighted by Crippen LogP contribution is 2.24. The third-order valence-corrected chi connectivity index (χ3v) is 2.59. The van der Waals surface area contributed by atoms with Crippen LogP contribution in [0.1, 0.15) is 18.0 Å². The Morgan fingerprint density at radius 2 is 2.13 bits per heavy atom. The molecule has 1 unspecified atom stereocenters. The van der Waals surface area contributed by atoms with Crippen LogP contribution in [0.4, 0.5) is 4.39 Å². The van der Waals surface area contributed by atoms with E-state index >= 15 is 0 Å². The van der Waals surface area contributed by atoms with Gasteiger partial charge in [0.1, 0.15) is 5.82 Å². The standard InChI is InChI=1S/C11H16ClFN2/c1-15(2)6-5-11(14)9-7-8(13)3-4-10(9)12/h3-4,7,11H,5-6,14H2,1-2H3. The van der Waals surface area contributed by atoms with Crippen LogP contribution in [0.3, 0.4) is 0 Å². The van der Waals surface area contributed by atoms with Crippen LogP contribution >= 0.6 is 11.6 Å². The second kappa shape index (κ2) is 5.45. The first-order chi connectivity index (χ1) is 7.00. The lowest BCUT2D eigenvalue weighted by Gasteiger charge is -2.16. The number of hydrogen-bond donors (Lipinski definition) is 1. The molecule has 0 aliphatic rings. The maximum absolute atomic E-state index is 13.0. The van der Waals surface area contributed by atoms with Crippen molar-refractivity contribution in [3.63, 3.8) is 0 Å². The van der Waals surface area contributed by atoms with Gasteiger partial charge in [0.15, 0.2) is 0 Å². The molecule has 0 saturated carbocycles. The summed E-state index contributed by atoms with van der Waals surface area (Å²) >= 11 is 5.95. The predicted octanol–water partition coefficient (Wildman–Crippen LogP) is 2.43. The summed E-state index contributed by atoms with van der Waals surface area (Å²) in [5.74, 6) is -0.297. The molecule has 1 aromatic rings. The number of nitrogens with zero attached hydrogens (tertiary/aromatic N) is 1. The van der Waals surface area contributed by atoms with Crippen molar-refractivity contribution in [1.82, 2.24) is 4.90 Å². The molecule has 1 aromatic carbocycles. The van der Waals surface area contributed by atoms with Crippen LogP contribution < -0.4 is 5.73 Å². The lowest BCUT2D eigenvalue weighted by Crippen LogP contribution is -2.20. The monoisotopic (exact) mass is 230 g/mol. The summed E-state index contributed by atoms with van der Waals surface area (Å²) in [5.41, 5.74) is 6.61. The van der Waals surface area contributed by atoms with Gasteiger partial charge in [0.2, 0.25) is 0 Å². The summed E-state index contributed by atoms with van der Waals surface area (Å²) < 4.78 is 13.0. The summed E-state index contributed by atoms with van der Waals surface area (Å²) in [4.78, 5) is 2.03. The van der Waals surface area contributed by atoms with Gasteiger partial charge < -0.3 is 10.6 Å². The van der Waals surface area contributed by atoms with Gasteiger partial charge in [-0.05, 0) is 50.8 Å². The second-order valence-corrected chi connectivity index (χ2v) is 4.27. The van der Waals surface area contributed by atoms with Gasteiger partial charge in [0, 0.05) is 11.1 Å². The minimum atomic E-state index is -0.297. The van der Waals surface area contributed by atoms with Crippen LogP contribution in [0.15, 0.2) is 18.2 Å². The van der Waals surface area contributed by atoms with Crippen LogP contribution in [0.25, 0.3) is 0 Å². The molecule has 0 aliphatic carbocycles. The molecule has 1 atom stereocenters. The van der Waals surface area contributed by atoms with Gasteiger partial charge in [-0.3, -0.25) is 0 Å². The van der Waals surface area contributed by atoms with Crippen molar-refractivity contribution in [2.24, 2.45) is 5.73 Å². The fraction of sp³-hybridized carbons (Fsp3) is 0.455. The molecular weight excluding hydrogens is 215 g/mol. The molecule has 0 amide bonds. The molecule has 1 rings (SSSR count). The summed E-state index contributed by atoms with van der Waals surface area (Å²) in [6.45, 7) is 0.855. The smallest absolute Gasteiger partial charge is 0.123 e. The van der Waals surface area contributed by atoms with Gasteiger partial charge in [0.25, 0.3) is 0 Å². The Balaban J connectivity index is 2.72. The van der Waals surface area contributed by atoms with Crippen molar-refractivity contribution >= 4 is 11.6 Å². The largest absolute Gasteiger partial charge is 0.324 e. The van der Waals surface area contributed by atoms with E-state index in [0.717, 1.165) is 13.0 Å². The maximum Gasteiger partial charge on any atom is 0.123 e. The highest BCUT2D eigenvalue weighted by atomic mass is 35.5. The lowest BCUT2D eigenvalue weighted by atomic mass is 10.0. The van der Waals surface area contributed by atoms with Gasteiger partial charge >= 0.3 is 0 Å². The predicted molar refractivity (Wildman–Crippen MR) is 61.5 cm³/mol. The highest BCUT2D eigenvalue weighted by molar-refractivity contribution is 6.31. The molecule has 0 aliphatic heterocycles. The average molecular weight is 231 g/mol. The van der Waals surface area contributed by atoms with Crippen LogP contribution in [0, 0.1) is 5.82 Å². The number of rotatable bonds is 4. The van der Waals surface area contributed by atoms with Crippen LogP contribution in [0.5, 0.6) is 0 Å². The molecule has 15 heavy (non-hydrogen) atoms. The van der Waals surface area contributed by atoms with Gasteiger partial charge in [-0.2, -0.15) is 0 Å². The number of benzene rings is 1. The zero-order valence-corrected chi connectivity index (χ0v) is 9.76. The molecule has 2 nitrogen and oxygen atoms in total. The molecular formula is C11H16ClFN2. The minimum Gasteiger partial charge on any atom is -0.324 e. The zero-order chi connectivity index (χ0) is 11.4. The summed E-state index contributed by atoms with van der Waals surface area (Å²) in [7, 11) is 3.94. The fourth-order valence-corrected chi connectivity index (χ4v) is 1.61. The minimum absolute atomic E-state index is 0.212. The summed E-state index contributed by atoms with van der Waals surface area (Å²) in [6, 6.07) is 4.07. The molecule has 84 valence electrons. The summed E-state index contributed by atoms with van der Waals surface area (Å²) in [5, 5.41) is 0.530. The average Bonchev–Trinajstić information content (AvgIpc) is 2.18. The lowest BCUT2D eigenvalue weighted by molar-refractivity contribution is 0.382. The van der Waals surface area contributed by atoms with Gasteiger partial charge in [0.05, 0.1) is 0 Å². The van der Waals surface area contributed by atoms with E-state index in [0.29, 0.717) is 10.6 Å². The first kappa shape index (κ1) is 12.4. The van der Waals surface area contributed by atoms with Crippen molar-refractivity contribution in [2.45, 2.75) is 12.5 Å². The number of hydrogen-bond acceptors (Lipinski definition) is 2. The first-order valence-electron chi connectivity index (χ1n) is 4.86. The van der Waals surface area contributed by atoms with E-state index in [1.807, 2.05) is 19.0 Å². The number of nitrogens with two attached hydrogens (primary N) is 1.